The van der Waals surface area contributed by atoms with E-state index in [1.807, 2.05) is 38.1 Å². The van der Waals surface area contributed by atoms with Gasteiger partial charge in [0, 0.05) is 16.0 Å². The monoisotopic (exact) mass is 386 g/mol. The van der Waals surface area contributed by atoms with Crippen molar-refractivity contribution >= 4 is 33.3 Å². The van der Waals surface area contributed by atoms with Gasteiger partial charge in [-0.05, 0) is 50.8 Å². The zero-order valence-electron chi connectivity index (χ0n) is 15.0. The van der Waals surface area contributed by atoms with Gasteiger partial charge in [0.1, 0.15) is 28.0 Å². The molecule has 1 aliphatic carbocycles. The third-order valence-corrected chi connectivity index (χ3v) is 6.83. The summed E-state index contributed by atoms with van der Waals surface area (Å²) < 4.78 is 5.69. The number of benzene rings is 1. The highest BCUT2D eigenvalue weighted by atomic mass is 32.2. The molecule has 26 heavy (non-hydrogen) atoms. The standard InChI is InChI=1S/C20H22N2O2S2/c1-12-6-8-15(9-7-12)24-10-14(23)11-25-19-18-16-4-3-5-17(16)26-20(18)22-13(2)21-19/h6-9,14,23H,3-5,10-11H2,1-2H3/t14-/m0/s1. The summed E-state index contributed by atoms with van der Waals surface area (Å²) >= 11 is 3.41. The Balaban J connectivity index is 1.43. The molecule has 2 heterocycles. The molecule has 4 rings (SSSR count). The maximum Gasteiger partial charge on any atom is 0.128 e. The molecule has 1 N–H and O–H groups in total. The molecule has 0 amide bonds. The van der Waals surface area contributed by atoms with Gasteiger partial charge in [-0.1, -0.05) is 17.7 Å². The van der Waals surface area contributed by atoms with Gasteiger partial charge in [0.25, 0.3) is 0 Å². The minimum atomic E-state index is -0.543. The summed E-state index contributed by atoms with van der Waals surface area (Å²) in [5, 5.41) is 12.5. The first-order chi connectivity index (χ1) is 12.6. The summed E-state index contributed by atoms with van der Waals surface area (Å²) in [5.74, 6) is 2.14. The molecule has 3 aromatic rings. The van der Waals surface area contributed by atoms with Crippen molar-refractivity contribution in [1.29, 1.82) is 0 Å². The number of thioether (sulfide) groups is 1. The SMILES string of the molecule is Cc1ccc(OC[C@H](O)CSc2nc(C)nc3sc4c(c23)CCC4)cc1. The van der Waals surface area contributed by atoms with E-state index in [0.29, 0.717) is 5.75 Å². The van der Waals surface area contributed by atoms with Crippen LogP contribution < -0.4 is 4.74 Å². The van der Waals surface area contributed by atoms with Gasteiger partial charge in [-0.3, -0.25) is 0 Å². The quantitative estimate of drug-likeness (QED) is 0.505. The van der Waals surface area contributed by atoms with Crippen LogP contribution in [-0.2, 0) is 12.8 Å². The summed E-state index contributed by atoms with van der Waals surface area (Å²) in [4.78, 5) is 11.8. The van der Waals surface area contributed by atoms with E-state index in [1.165, 1.54) is 27.8 Å². The molecular weight excluding hydrogens is 364 g/mol. The number of aliphatic hydroxyl groups is 1. The van der Waals surface area contributed by atoms with Crippen molar-refractivity contribution in [3.63, 3.8) is 0 Å². The van der Waals surface area contributed by atoms with Crippen LogP contribution in [0.1, 0.15) is 28.2 Å². The van der Waals surface area contributed by atoms with E-state index in [9.17, 15) is 5.11 Å². The Bertz CT molecular complexity index is 922. The molecule has 136 valence electrons. The Morgan fingerprint density at radius 1 is 1.19 bits per heavy atom. The fraction of sp³-hybridized carbons (Fsp3) is 0.400. The van der Waals surface area contributed by atoms with Crippen LogP contribution >= 0.6 is 23.1 Å². The second kappa shape index (κ2) is 7.55. The number of aromatic nitrogens is 2. The first-order valence-electron chi connectivity index (χ1n) is 8.89. The average Bonchev–Trinajstić information content (AvgIpc) is 3.19. The van der Waals surface area contributed by atoms with Gasteiger partial charge in [-0.25, -0.2) is 9.97 Å². The predicted octanol–water partition coefficient (Wildman–Crippen LogP) is 4.33. The molecule has 2 aromatic heterocycles. The Labute approximate surface area is 161 Å². The highest BCUT2D eigenvalue weighted by Gasteiger charge is 2.22. The molecule has 4 nitrogen and oxygen atoms in total. The van der Waals surface area contributed by atoms with Gasteiger partial charge in [0.15, 0.2) is 0 Å². The summed E-state index contributed by atoms with van der Waals surface area (Å²) in [6, 6.07) is 7.88. The smallest absolute Gasteiger partial charge is 0.128 e. The molecular formula is C20H22N2O2S2. The Kier molecular flexibility index (Phi) is 5.16. The molecule has 0 bridgehead atoms. The molecule has 0 saturated heterocycles. The van der Waals surface area contributed by atoms with Crippen LogP contribution in [0.3, 0.4) is 0 Å². The van der Waals surface area contributed by atoms with Crippen LogP contribution in [0.2, 0.25) is 0 Å². The molecule has 6 heteroatoms. The molecule has 1 aliphatic rings. The number of rotatable bonds is 6. The molecule has 0 fully saturated rings. The van der Waals surface area contributed by atoms with Crippen molar-refractivity contribution in [3.8, 4) is 5.75 Å². The lowest BCUT2D eigenvalue weighted by molar-refractivity contribution is 0.126. The normalized spacial score (nSPS) is 14.6. The van der Waals surface area contributed by atoms with E-state index in [0.717, 1.165) is 34.3 Å². The first-order valence-corrected chi connectivity index (χ1v) is 10.7. The van der Waals surface area contributed by atoms with Crippen LogP contribution in [0, 0.1) is 13.8 Å². The maximum atomic E-state index is 10.3. The second-order valence-electron chi connectivity index (χ2n) is 6.70. The Hall–Kier alpha value is -1.63. The number of nitrogens with zero attached hydrogens (tertiary/aromatic N) is 2. The van der Waals surface area contributed by atoms with Crippen LogP contribution in [-0.4, -0.2) is 33.5 Å². The van der Waals surface area contributed by atoms with Gasteiger partial charge >= 0.3 is 0 Å². The first kappa shape index (κ1) is 17.8. The maximum absolute atomic E-state index is 10.3. The van der Waals surface area contributed by atoms with Gasteiger partial charge in [-0.15, -0.1) is 23.1 Å². The van der Waals surface area contributed by atoms with E-state index in [2.05, 4.69) is 9.97 Å². The lowest BCUT2D eigenvalue weighted by Gasteiger charge is -2.13. The minimum absolute atomic E-state index is 0.283. The van der Waals surface area contributed by atoms with Crippen molar-refractivity contribution in [1.82, 2.24) is 9.97 Å². The Morgan fingerprint density at radius 3 is 2.81 bits per heavy atom. The van der Waals surface area contributed by atoms with Gasteiger partial charge in [0.05, 0.1) is 6.10 Å². The lowest BCUT2D eigenvalue weighted by atomic mass is 10.2. The van der Waals surface area contributed by atoms with E-state index in [1.54, 1.807) is 23.1 Å². The van der Waals surface area contributed by atoms with Crippen molar-refractivity contribution in [2.24, 2.45) is 0 Å². The molecule has 0 unspecified atom stereocenters. The summed E-state index contributed by atoms with van der Waals surface area (Å²) in [6.45, 7) is 4.26. The summed E-state index contributed by atoms with van der Waals surface area (Å²) in [7, 11) is 0. The highest BCUT2D eigenvalue weighted by molar-refractivity contribution is 7.99. The number of ether oxygens (including phenoxy) is 1. The predicted molar refractivity (Wildman–Crippen MR) is 108 cm³/mol. The third-order valence-electron chi connectivity index (χ3n) is 4.52. The van der Waals surface area contributed by atoms with E-state index < -0.39 is 6.10 Å². The van der Waals surface area contributed by atoms with E-state index in [4.69, 9.17) is 4.74 Å². The molecule has 0 aliphatic heterocycles. The summed E-state index contributed by atoms with van der Waals surface area (Å²) in [6.07, 6.45) is 2.96. The number of aliphatic hydroxyl groups excluding tert-OH is 1. The minimum Gasteiger partial charge on any atom is -0.491 e. The summed E-state index contributed by atoms with van der Waals surface area (Å²) in [5.41, 5.74) is 2.62. The molecule has 0 radical (unpaired) electrons. The number of fused-ring (bicyclic) bond motifs is 3. The second-order valence-corrected chi connectivity index (χ2v) is 8.79. The molecule has 0 saturated carbocycles. The lowest BCUT2D eigenvalue weighted by Crippen LogP contribution is -2.20. The fourth-order valence-corrected chi connectivity index (χ4v) is 5.60. The van der Waals surface area contributed by atoms with Crippen molar-refractivity contribution in [2.75, 3.05) is 12.4 Å². The number of hydrogen-bond acceptors (Lipinski definition) is 6. The number of hydrogen-bond donors (Lipinski definition) is 1. The van der Waals surface area contributed by atoms with Crippen molar-refractivity contribution in [3.05, 3.63) is 46.1 Å². The van der Waals surface area contributed by atoms with E-state index >= 15 is 0 Å². The van der Waals surface area contributed by atoms with Crippen LogP contribution in [0.4, 0.5) is 0 Å². The average molecular weight is 387 g/mol. The Morgan fingerprint density at radius 2 is 2.00 bits per heavy atom. The van der Waals surface area contributed by atoms with Crippen LogP contribution in [0.5, 0.6) is 5.75 Å². The third kappa shape index (κ3) is 3.72. The molecule has 0 spiro atoms. The van der Waals surface area contributed by atoms with Gasteiger partial charge in [0.2, 0.25) is 0 Å². The largest absolute Gasteiger partial charge is 0.491 e. The molecule has 1 atom stereocenters. The topological polar surface area (TPSA) is 55.2 Å². The van der Waals surface area contributed by atoms with Crippen LogP contribution in [0.15, 0.2) is 29.3 Å². The van der Waals surface area contributed by atoms with Gasteiger partial charge in [-0.2, -0.15) is 0 Å². The van der Waals surface area contributed by atoms with E-state index in [-0.39, 0.29) is 6.61 Å². The van der Waals surface area contributed by atoms with Crippen molar-refractivity contribution < 1.29 is 9.84 Å². The zero-order chi connectivity index (χ0) is 18.1. The zero-order valence-corrected chi connectivity index (χ0v) is 16.6. The van der Waals surface area contributed by atoms with Crippen LogP contribution in [0.25, 0.3) is 10.2 Å². The number of thiophene rings is 1. The molecule has 1 aromatic carbocycles. The van der Waals surface area contributed by atoms with Gasteiger partial charge < -0.3 is 9.84 Å². The fourth-order valence-electron chi connectivity index (χ4n) is 3.22. The highest BCUT2D eigenvalue weighted by Crippen LogP contribution is 2.40. The number of aryl methyl sites for hydroxylation is 4. The van der Waals surface area contributed by atoms with Crippen molar-refractivity contribution in [2.45, 2.75) is 44.2 Å².